The van der Waals surface area contributed by atoms with Crippen LogP contribution in [-0.2, 0) is 19.1 Å². The summed E-state index contributed by atoms with van der Waals surface area (Å²) >= 11 is 0. The second-order valence-corrected chi connectivity index (χ2v) is 7.89. The molecule has 176 valence electrons. The van der Waals surface area contributed by atoms with E-state index in [2.05, 4.69) is 0 Å². The van der Waals surface area contributed by atoms with Crippen LogP contribution in [0, 0.1) is 13.8 Å². The molecule has 33 heavy (non-hydrogen) atoms. The van der Waals surface area contributed by atoms with Gasteiger partial charge in [0.25, 0.3) is 11.8 Å². The van der Waals surface area contributed by atoms with Gasteiger partial charge in [0.2, 0.25) is 0 Å². The molecule has 0 fully saturated rings. The number of imide groups is 1. The average Bonchev–Trinajstić information content (AvgIpc) is 3.06. The van der Waals surface area contributed by atoms with E-state index in [0.29, 0.717) is 61.2 Å². The summed E-state index contributed by atoms with van der Waals surface area (Å²) in [4.78, 5) is 30.7. The van der Waals surface area contributed by atoms with E-state index in [1.54, 1.807) is 14.2 Å². The minimum atomic E-state index is -0.343. The number of nitrogens with zero attached hydrogens (tertiary/aromatic N) is 2. The first-order valence-corrected chi connectivity index (χ1v) is 11.1. The number of hydrogen-bond donors (Lipinski definition) is 0. The van der Waals surface area contributed by atoms with Crippen LogP contribution in [0.2, 0.25) is 0 Å². The monoisotopic (exact) mass is 452 g/mol. The van der Waals surface area contributed by atoms with E-state index < -0.39 is 0 Å². The lowest BCUT2D eigenvalue weighted by molar-refractivity contribution is -0.120. The molecule has 3 rings (SSSR count). The minimum Gasteiger partial charge on any atom is -0.494 e. The summed E-state index contributed by atoms with van der Waals surface area (Å²) in [5.74, 6) is 0.0275. The van der Waals surface area contributed by atoms with Crippen molar-refractivity contribution in [3.8, 4) is 5.75 Å². The highest BCUT2D eigenvalue weighted by molar-refractivity contribution is 6.45. The predicted octanol–water partition coefficient (Wildman–Crippen LogP) is 3.58. The topological polar surface area (TPSA) is 68.3 Å². The number of carbonyl (C=O) groups excluding carboxylic acids is 2. The summed E-state index contributed by atoms with van der Waals surface area (Å²) in [7, 11) is 3.22. The maximum atomic E-state index is 13.8. The molecule has 0 N–H and O–H groups in total. The van der Waals surface area contributed by atoms with Gasteiger partial charge in [0.1, 0.15) is 11.4 Å². The van der Waals surface area contributed by atoms with Crippen LogP contribution < -0.4 is 9.64 Å². The Morgan fingerprint density at radius 1 is 0.879 bits per heavy atom. The highest BCUT2D eigenvalue weighted by Crippen LogP contribution is 2.36. The molecule has 0 bridgehead atoms. The third-order valence-electron chi connectivity index (χ3n) is 5.57. The fourth-order valence-corrected chi connectivity index (χ4v) is 3.87. The fourth-order valence-electron chi connectivity index (χ4n) is 3.87. The van der Waals surface area contributed by atoms with Gasteiger partial charge in [-0.2, -0.15) is 0 Å². The Morgan fingerprint density at radius 2 is 1.52 bits per heavy atom. The molecular weight excluding hydrogens is 420 g/mol. The first kappa shape index (κ1) is 24.5. The van der Waals surface area contributed by atoms with Gasteiger partial charge in [0.15, 0.2) is 0 Å². The van der Waals surface area contributed by atoms with Crippen molar-refractivity contribution in [1.29, 1.82) is 0 Å². The Balaban J connectivity index is 2.14. The van der Waals surface area contributed by atoms with E-state index in [-0.39, 0.29) is 11.8 Å². The van der Waals surface area contributed by atoms with E-state index in [4.69, 9.17) is 14.2 Å². The Labute approximate surface area is 195 Å². The number of methoxy groups -OCH3 is 2. The number of ether oxygens (including phenoxy) is 3. The van der Waals surface area contributed by atoms with Crippen LogP contribution in [0.4, 0.5) is 5.69 Å². The van der Waals surface area contributed by atoms with E-state index in [0.717, 1.165) is 11.1 Å². The normalized spacial score (nSPS) is 13.8. The van der Waals surface area contributed by atoms with Crippen LogP contribution in [0.3, 0.4) is 0 Å². The quantitative estimate of drug-likeness (QED) is 0.486. The molecule has 2 amide bonds. The molecule has 1 aliphatic heterocycles. The highest BCUT2D eigenvalue weighted by Gasteiger charge is 2.42. The van der Waals surface area contributed by atoms with E-state index in [9.17, 15) is 9.59 Å². The zero-order chi connectivity index (χ0) is 24.0. The predicted molar refractivity (Wildman–Crippen MR) is 128 cm³/mol. The Kier molecular flexibility index (Phi) is 8.25. The van der Waals surface area contributed by atoms with Crippen molar-refractivity contribution < 1.29 is 23.8 Å². The molecule has 7 nitrogen and oxygen atoms in total. The number of carbonyl (C=O) groups is 2. The lowest BCUT2D eigenvalue weighted by Crippen LogP contribution is -2.38. The van der Waals surface area contributed by atoms with Gasteiger partial charge in [0, 0.05) is 27.3 Å². The molecule has 0 saturated heterocycles. The number of anilines is 1. The minimum absolute atomic E-state index is 0.340. The number of amides is 2. The zero-order valence-corrected chi connectivity index (χ0v) is 20.0. The Bertz CT molecular complexity index is 1020. The van der Waals surface area contributed by atoms with Gasteiger partial charge in [-0.3, -0.25) is 9.59 Å². The Hall–Kier alpha value is -3.16. The molecule has 0 saturated carbocycles. The first-order chi connectivity index (χ1) is 15.9. The van der Waals surface area contributed by atoms with Gasteiger partial charge >= 0.3 is 0 Å². The van der Waals surface area contributed by atoms with Crippen LogP contribution in [0.15, 0.2) is 48.2 Å². The molecule has 0 spiro atoms. The SMILES string of the molecule is CCOc1ccc(C2=C(N(CCOC)CCOC)C(=O)N(c3cc(C)ccc3C)C2=O)cc1. The van der Waals surface area contributed by atoms with Crippen molar-refractivity contribution in [1.82, 2.24) is 4.90 Å². The summed E-state index contributed by atoms with van der Waals surface area (Å²) in [6, 6.07) is 13.0. The van der Waals surface area contributed by atoms with Crippen LogP contribution in [-0.4, -0.2) is 63.8 Å². The first-order valence-electron chi connectivity index (χ1n) is 11.1. The number of rotatable bonds is 11. The molecule has 0 radical (unpaired) electrons. The van der Waals surface area contributed by atoms with Crippen molar-refractivity contribution >= 4 is 23.1 Å². The molecular formula is C26H32N2O5. The number of hydrogen-bond acceptors (Lipinski definition) is 6. The van der Waals surface area contributed by atoms with E-state index >= 15 is 0 Å². The maximum absolute atomic E-state index is 13.8. The van der Waals surface area contributed by atoms with Crippen LogP contribution in [0.5, 0.6) is 5.75 Å². The van der Waals surface area contributed by atoms with Gasteiger partial charge in [-0.1, -0.05) is 24.3 Å². The molecule has 2 aromatic rings. The van der Waals surface area contributed by atoms with Crippen molar-refractivity contribution in [2.75, 3.05) is 52.0 Å². The summed E-state index contributed by atoms with van der Waals surface area (Å²) in [6.07, 6.45) is 0. The van der Waals surface area contributed by atoms with Gasteiger partial charge < -0.3 is 19.1 Å². The van der Waals surface area contributed by atoms with Crippen molar-refractivity contribution in [2.45, 2.75) is 20.8 Å². The zero-order valence-electron chi connectivity index (χ0n) is 20.0. The standard InChI is InChI=1S/C26H32N2O5/c1-6-33-21-11-9-20(10-12-21)23-24(27(13-15-31-4)14-16-32-5)26(30)28(25(23)29)22-17-18(2)7-8-19(22)3/h7-12,17H,6,13-16H2,1-5H3. The third-order valence-corrected chi connectivity index (χ3v) is 5.57. The number of aryl methyl sites for hydroxylation is 2. The molecule has 0 aromatic heterocycles. The molecule has 0 atom stereocenters. The smallest absolute Gasteiger partial charge is 0.282 e. The summed E-state index contributed by atoms with van der Waals surface area (Å²) in [5.41, 5.74) is 3.83. The van der Waals surface area contributed by atoms with Gasteiger partial charge in [0.05, 0.1) is 31.1 Å². The lowest BCUT2D eigenvalue weighted by Gasteiger charge is -2.26. The molecule has 2 aromatic carbocycles. The van der Waals surface area contributed by atoms with Crippen LogP contribution in [0.25, 0.3) is 5.57 Å². The fraction of sp³-hybridized carbons (Fsp3) is 0.385. The highest BCUT2D eigenvalue weighted by atomic mass is 16.5. The van der Waals surface area contributed by atoms with E-state index in [1.807, 2.05) is 68.1 Å². The van der Waals surface area contributed by atoms with Gasteiger partial charge in [-0.05, 0) is 55.7 Å². The Morgan fingerprint density at radius 3 is 2.09 bits per heavy atom. The maximum Gasteiger partial charge on any atom is 0.282 e. The summed E-state index contributed by atoms with van der Waals surface area (Å²) < 4.78 is 16.1. The molecule has 0 aliphatic carbocycles. The molecule has 1 heterocycles. The van der Waals surface area contributed by atoms with Gasteiger partial charge in [-0.15, -0.1) is 0 Å². The largest absolute Gasteiger partial charge is 0.494 e. The molecule has 7 heteroatoms. The third kappa shape index (κ3) is 5.26. The van der Waals surface area contributed by atoms with Crippen LogP contribution in [0.1, 0.15) is 23.6 Å². The van der Waals surface area contributed by atoms with Crippen LogP contribution >= 0.6 is 0 Å². The summed E-state index contributed by atoms with van der Waals surface area (Å²) in [5, 5.41) is 0. The van der Waals surface area contributed by atoms with E-state index in [1.165, 1.54) is 4.90 Å². The second-order valence-electron chi connectivity index (χ2n) is 7.89. The molecule has 0 unspecified atom stereocenters. The van der Waals surface area contributed by atoms with Crippen molar-refractivity contribution in [3.63, 3.8) is 0 Å². The average molecular weight is 453 g/mol. The van der Waals surface area contributed by atoms with Crippen molar-refractivity contribution in [2.24, 2.45) is 0 Å². The lowest BCUT2D eigenvalue weighted by atomic mass is 10.0. The number of benzene rings is 2. The van der Waals surface area contributed by atoms with Crippen molar-refractivity contribution in [3.05, 3.63) is 64.9 Å². The molecule has 1 aliphatic rings. The van der Waals surface area contributed by atoms with Gasteiger partial charge in [-0.25, -0.2) is 4.90 Å². The second kappa shape index (κ2) is 11.1. The summed E-state index contributed by atoms with van der Waals surface area (Å²) in [6.45, 7) is 8.04.